The standard InChI is InChI=1S/C14H13N3O2/c18-14(19)17-8-10(9-17)3-5-12-6-4-11-2-1-7-15-13(11)16-12/h1-7,10H,8-9H2,(H,18,19)/b5-3+. The zero-order valence-electron chi connectivity index (χ0n) is 10.2. The highest BCUT2D eigenvalue weighted by molar-refractivity contribution is 5.75. The Morgan fingerprint density at radius 3 is 3.00 bits per heavy atom. The van der Waals surface area contributed by atoms with Crippen molar-refractivity contribution in [2.24, 2.45) is 5.92 Å². The highest BCUT2D eigenvalue weighted by Gasteiger charge is 2.28. The molecular weight excluding hydrogens is 242 g/mol. The van der Waals surface area contributed by atoms with E-state index in [0.717, 1.165) is 16.7 Å². The maximum Gasteiger partial charge on any atom is 0.407 e. The van der Waals surface area contributed by atoms with Gasteiger partial charge in [0.25, 0.3) is 0 Å². The van der Waals surface area contributed by atoms with Gasteiger partial charge in [-0.2, -0.15) is 0 Å². The van der Waals surface area contributed by atoms with E-state index in [-0.39, 0.29) is 5.92 Å². The van der Waals surface area contributed by atoms with Crippen molar-refractivity contribution in [3.8, 4) is 0 Å². The lowest BCUT2D eigenvalue weighted by atomic mass is 10.00. The van der Waals surface area contributed by atoms with Crippen molar-refractivity contribution in [1.29, 1.82) is 0 Å². The molecule has 0 saturated carbocycles. The molecule has 3 rings (SSSR count). The second kappa shape index (κ2) is 4.68. The first-order chi connectivity index (χ1) is 9.22. The van der Waals surface area contributed by atoms with Gasteiger partial charge in [-0.05, 0) is 30.3 Å². The molecule has 2 aromatic heterocycles. The van der Waals surface area contributed by atoms with Gasteiger partial charge in [0, 0.05) is 30.6 Å². The van der Waals surface area contributed by atoms with Crippen LogP contribution in [0.25, 0.3) is 17.1 Å². The van der Waals surface area contributed by atoms with Crippen LogP contribution in [0.5, 0.6) is 0 Å². The number of likely N-dealkylation sites (tertiary alicyclic amines) is 1. The molecular formula is C14H13N3O2. The summed E-state index contributed by atoms with van der Waals surface area (Å²) >= 11 is 0. The Bertz CT molecular complexity index is 648. The number of fused-ring (bicyclic) bond motifs is 1. The summed E-state index contributed by atoms with van der Waals surface area (Å²) in [5.74, 6) is 0.289. The van der Waals surface area contributed by atoms with Crippen LogP contribution in [0, 0.1) is 5.92 Å². The van der Waals surface area contributed by atoms with Crippen LogP contribution in [-0.4, -0.2) is 39.2 Å². The SMILES string of the molecule is O=C(O)N1CC(/C=C/c2ccc3cccnc3n2)C1. The summed E-state index contributed by atoms with van der Waals surface area (Å²) in [5, 5.41) is 9.75. The molecule has 3 heterocycles. The smallest absolute Gasteiger partial charge is 0.407 e. The lowest BCUT2D eigenvalue weighted by molar-refractivity contribution is 0.0975. The zero-order valence-corrected chi connectivity index (χ0v) is 10.2. The second-order valence-electron chi connectivity index (χ2n) is 4.59. The van der Waals surface area contributed by atoms with Gasteiger partial charge in [-0.25, -0.2) is 14.8 Å². The van der Waals surface area contributed by atoms with Gasteiger partial charge in [-0.15, -0.1) is 0 Å². The van der Waals surface area contributed by atoms with Crippen LogP contribution in [0.15, 0.2) is 36.5 Å². The molecule has 0 bridgehead atoms. The van der Waals surface area contributed by atoms with Gasteiger partial charge in [0.15, 0.2) is 5.65 Å². The van der Waals surface area contributed by atoms with Crippen molar-refractivity contribution in [2.45, 2.75) is 0 Å². The lowest BCUT2D eigenvalue weighted by Gasteiger charge is -2.35. The minimum Gasteiger partial charge on any atom is -0.465 e. The largest absolute Gasteiger partial charge is 0.465 e. The Hall–Kier alpha value is -2.43. The Balaban J connectivity index is 1.70. The predicted molar refractivity (Wildman–Crippen MR) is 71.7 cm³/mol. The molecule has 1 aliphatic heterocycles. The maximum atomic E-state index is 10.6. The van der Waals surface area contributed by atoms with Gasteiger partial charge in [0.05, 0.1) is 5.69 Å². The molecule has 96 valence electrons. The summed E-state index contributed by atoms with van der Waals surface area (Å²) in [4.78, 5) is 20.7. The van der Waals surface area contributed by atoms with Gasteiger partial charge >= 0.3 is 6.09 Å². The molecule has 0 radical (unpaired) electrons. The molecule has 19 heavy (non-hydrogen) atoms. The summed E-state index contributed by atoms with van der Waals surface area (Å²) in [6.45, 7) is 1.13. The van der Waals surface area contributed by atoms with Crippen molar-refractivity contribution in [3.63, 3.8) is 0 Å². The minimum absolute atomic E-state index is 0.289. The summed E-state index contributed by atoms with van der Waals surface area (Å²) in [7, 11) is 0. The second-order valence-corrected chi connectivity index (χ2v) is 4.59. The number of hydrogen-bond donors (Lipinski definition) is 1. The van der Waals surface area contributed by atoms with Gasteiger partial charge in [0.1, 0.15) is 0 Å². The monoisotopic (exact) mass is 255 g/mol. The molecule has 1 N–H and O–H groups in total. The predicted octanol–water partition coefficient (Wildman–Crippen LogP) is 2.25. The molecule has 0 unspecified atom stereocenters. The van der Waals surface area contributed by atoms with Crippen LogP contribution in [0.4, 0.5) is 4.79 Å². The summed E-state index contributed by atoms with van der Waals surface area (Å²) in [6, 6.07) is 7.78. The third kappa shape index (κ3) is 2.40. The molecule has 0 aromatic carbocycles. The van der Waals surface area contributed by atoms with E-state index in [4.69, 9.17) is 5.11 Å². The number of carbonyl (C=O) groups is 1. The van der Waals surface area contributed by atoms with Crippen LogP contribution in [0.1, 0.15) is 5.69 Å². The van der Waals surface area contributed by atoms with E-state index < -0.39 is 6.09 Å². The number of amides is 1. The van der Waals surface area contributed by atoms with Crippen LogP contribution in [0.3, 0.4) is 0 Å². The molecule has 0 aliphatic carbocycles. The Morgan fingerprint density at radius 2 is 2.21 bits per heavy atom. The lowest BCUT2D eigenvalue weighted by Crippen LogP contribution is -2.48. The minimum atomic E-state index is -0.849. The number of rotatable bonds is 2. The Morgan fingerprint density at radius 1 is 1.37 bits per heavy atom. The van der Waals surface area contributed by atoms with Gasteiger partial charge in [-0.3, -0.25) is 0 Å². The van der Waals surface area contributed by atoms with E-state index in [1.54, 1.807) is 6.20 Å². The number of hydrogen-bond acceptors (Lipinski definition) is 3. The van der Waals surface area contributed by atoms with Crippen molar-refractivity contribution in [3.05, 3.63) is 42.2 Å². The topological polar surface area (TPSA) is 66.3 Å². The van der Waals surface area contributed by atoms with Gasteiger partial charge in [-0.1, -0.05) is 6.08 Å². The number of pyridine rings is 2. The summed E-state index contributed by atoms with van der Waals surface area (Å²) < 4.78 is 0. The van der Waals surface area contributed by atoms with Crippen molar-refractivity contribution >= 4 is 23.2 Å². The fourth-order valence-corrected chi connectivity index (χ4v) is 2.09. The third-order valence-corrected chi connectivity index (χ3v) is 3.20. The molecule has 1 amide bonds. The summed E-state index contributed by atoms with van der Waals surface area (Å²) in [5.41, 5.74) is 1.57. The van der Waals surface area contributed by atoms with E-state index in [9.17, 15) is 4.79 Å². The quantitative estimate of drug-likeness (QED) is 0.893. The maximum absolute atomic E-state index is 10.6. The van der Waals surface area contributed by atoms with E-state index in [2.05, 4.69) is 9.97 Å². The average molecular weight is 255 g/mol. The first kappa shape index (κ1) is 11.6. The molecule has 0 atom stereocenters. The first-order valence-corrected chi connectivity index (χ1v) is 6.10. The molecule has 1 saturated heterocycles. The third-order valence-electron chi connectivity index (χ3n) is 3.20. The highest BCUT2D eigenvalue weighted by Crippen LogP contribution is 2.18. The molecule has 5 nitrogen and oxygen atoms in total. The van der Waals surface area contributed by atoms with E-state index in [0.29, 0.717) is 13.1 Å². The number of carboxylic acid groups (broad SMARTS) is 1. The number of aromatic nitrogens is 2. The zero-order chi connectivity index (χ0) is 13.2. The van der Waals surface area contributed by atoms with Crippen LogP contribution >= 0.6 is 0 Å². The molecule has 5 heteroatoms. The normalized spacial score (nSPS) is 15.9. The van der Waals surface area contributed by atoms with Crippen molar-refractivity contribution in [1.82, 2.24) is 14.9 Å². The van der Waals surface area contributed by atoms with E-state index >= 15 is 0 Å². The molecule has 0 spiro atoms. The highest BCUT2D eigenvalue weighted by atomic mass is 16.4. The molecule has 2 aromatic rings. The van der Waals surface area contributed by atoms with Crippen LogP contribution in [-0.2, 0) is 0 Å². The van der Waals surface area contributed by atoms with Gasteiger partial charge in [0.2, 0.25) is 0 Å². The fraction of sp³-hybridized carbons (Fsp3) is 0.214. The summed E-state index contributed by atoms with van der Waals surface area (Å²) in [6.07, 6.45) is 4.81. The Labute approximate surface area is 110 Å². The van der Waals surface area contributed by atoms with Crippen molar-refractivity contribution < 1.29 is 9.90 Å². The van der Waals surface area contributed by atoms with Crippen LogP contribution in [0.2, 0.25) is 0 Å². The van der Waals surface area contributed by atoms with E-state index in [1.165, 1.54) is 4.90 Å². The average Bonchev–Trinajstić information content (AvgIpc) is 2.36. The first-order valence-electron chi connectivity index (χ1n) is 6.10. The van der Waals surface area contributed by atoms with Crippen molar-refractivity contribution in [2.75, 3.05) is 13.1 Å². The molecule has 1 aliphatic rings. The van der Waals surface area contributed by atoms with Crippen LogP contribution < -0.4 is 0 Å². The number of nitrogens with zero attached hydrogens (tertiary/aromatic N) is 3. The van der Waals surface area contributed by atoms with E-state index in [1.807, 2.05) is 36.4 Å². The fourth-order valence-electron chi connectivity index (χ4n) is 2.09. The van der Waals surface area contributed by atoms with Gasteiger partial charge < -0.3 is 10.0 Å². The molecule has 1 fully saturated rings. The Kier molecular flexibility index (Phi) is 2.87.